The Morgan fingerprint density at radius 3 is 2.55 bits per heavy atom. The van der Waals surface area contributed by atoms with Crippen LogP contribution in [-0.4, -0.2) is 31.9 Å². The van der Waals surface area contributed by atoms with Gasteiger partial charge in [-0.05, 0) is 17.7 Å². The zero-order chi connectivity index (χ0) is 20.1. The monoisotopic (exact) mass is 390 g/mol. The van der Waals surface area contributed by atoms with Gasteiger partial charge in [0.25, 0.3) is 0 Å². The molecule has 2 heterocycles. The van der Waals surface area contributed by atoms with Gasteiger partial charge in [0.2, 0.25) is 5.91 Å². The second kappa shape index (κ2) is 8.34. The van der Waals surface area contributed by atoms with Gasteiger partial charge in [-0.2, -0.15) is 4.98 Å². The summed E-state index contributed by atoms with van der Waals surface area (Å²) >= 11 is 0. The number of imidazole rings is 1. The number of aromatic amines is 1. The molecule has 9 heteroatoms. The van der Waals surface area contributed by atoms with E-state index in [1.807, 2.05) is 54.6 Å². The number of amides is 2. The molecule has 9 nitrogen and oxygen atoms in total. The Balaban J connectivity index is 1.28. The van der Waals surface area contributed by atoms with Crippen LogP contribution in [0.1, 0.15) is 27.9 Å². The molecule has 0 bridgehead atoms. The SMILES string of the molecule is O=C(Cc1noc(C(=O)NCc2nc3ccccc3[nH]2)n1)NCc1ccccc1. The number of carbonyl (C=O) groups is 2. The zero-order valence-electron chi connectivity index (χ0n) is 15.4. The molecule has 0 saturated heterocycles. The quantitative estimate of drug-likeness (QED) is 0.441. The highest BCUT2D eigenvalue weighted by Crippen LogP contribution is 2.10. The molecule has 0 aliphatic heterocycles. The molecule has 2 aromatic heterocycles. The Bertz CT molecular complexity index is 1100. The van der Waals surface area contributed by atoms with Crippen LogP contribution < -0.4 is 10.6 Å². The molecule has 4 rings (SSSR count). The maximum atomic E-state index is 12.2. The largest absolute Gasteiger partial charge is 0.352 e. The van der Waals surface area contributed by atoms with Crippen molar-refractivity contribution in [3.8, 4) is 0 Å². The van der Waals surface area contributed by atoms with Crippen LogP contribution in [0.4, 0.5) is 0 Å². The van der Waals surface area contributed by atoms with Crippen molar-refractivity contribution in [2.45, 2.75) is 19.5 Å². The maximum Gasteiger partial charge on any atom is 0.315 e. The van der Waals surface area contributed by atoms with Crippen molar-refractivity contribution in [3.05, 3.63) is 77.7 Å². The van der Waals surface area contributed by atoms with Crippen LogP contribution in [0.25, 0.3) is 11.0 Å². The number of hydrogen-bond donors (Lipinski definition) is 3. The Morgan fingerprint density at radius 2 is 1.72 bits per heavy atom. The van der Waals surface area contributed by atoms with Crippen molar-refractivity contribution in [2.75, 3.05) is 0 Å². The number of nitrogens with one attached hydrogen (secondary N) is 3. The average Bonchev–Trinajstić information content (AvgIpc) is 3.38. The highest BCUT2D eigenvalue weighted by Gasteiger charge is 2.17. The molecule has 2 aromatic carbocycles. The molecule has 0 radical (unpaired) electrons. The molecule has 0 spiro atoms. The normalized spacial score (nSPS) is 10.8. The Labute approximate surface area is 165 Å². The number of aromatic nitrogens is 4. The molecule has 0 fully saturated rings. The van der Waals surface area contributed by atoms with E-state index in [0.29, 0.717) is 12.4 Å². The molecule has 3 N–H and O–H groups in total. The molecule has 4 aromatic rings. The van der Waals surface area contributed by atoms with Crippen molar-refractivity contribution in [1.82, 2.24) is 30.7 Å². The Kier molecular flexibility index (Phi) is 5.28. The van der Waals surface area contributed by atoms with E-state index in [-0.39, 0.29) is 30.6 Å². The van der Waals surface area contributed by atoms with Gasteiger partial charge >= 0.3 is 11.8 Å². The number of benzene rings is 2. The summed E-state index contributed by atoms with van der Waals surface area (Å²) < 4.78 is 4.95. The van der Waals surface area contributed by atoms with Gasteiger partial charge in [0.05, 0.1) is 24.0 Å². The molecule has 0 unspecified atom stereocenters. The van der Waals surface area contributed by atoms with Gasteiger partial charge in [0.1, 0.15) is 5.82 Å². The van der Waals surface area contributed by atoms with E-state index < -0.39 is 5.91 Å². The fraction of sp³-hybridized carbons (Fsp3) is 0.150. The van der Waals surface area contributed by atoms with Gasteiger partial charge in [-0.3, -0.25) is 9.59 Å². The summed E-state index contributed by atoms with van der Waals surface area (Å²) in [5.74, 6) is -0.242. The first kappa shape index (κ1) is 18.4. The molecule has 0 aliphatic rings. The first-order valence-corrected chi connectivity index (χ1v) is 9.02. The van der Waals surface area contributed by atoms with Crippen LogP contribution in [-0.2, 0) is 24.3 Å². The number of rotatable bonds is 7. The van der Waals surface area contributed by atoms with Crippen molar-refractivity contribution in [2.24, 2.45) is 0 Å². The van der Waals surface area contributed by atoms with Crippen molar-refractivity contribution in [1.29, 1.82) is 0 Å². The number of hydrogen-bond acceptors (Lipinski definition) is 6. The zero-order valence-corrected chi connectivity index (χ0v) is 15.4. The highest BCUT2D eigenvalue weighted by atomic mass is 16.5. The maximum absolute atomic E-state index is 12.2. The number of carbonyl (C=O) groups excluding carboxylic acids is 2. The van der Waals surface area contributed by atoms with Crippen LogP contribution in [0.2, 0.25) is 0 Å². The lowest BCUT2D eigenvalue weighted by molar-refractivity contribution is -0.120. The molecular formula is C20H18N6O3. The molecule has 0 saturated carbocycles. The third-order valence-corrected chi connectivity index (χ3v) is 4.17. The van der Waals surface area contributed by atoms with E-state index in [2.05, 4.69) is 30.7 Å². The van der Waals surface area contributed by atoms with E-state index in [9.17, 15) is 9.59 Å². The molecule has 0 aliphatic carbocycles. The summed E-state index contributed by atoms with van der Waals surface area (Å²) in [5.41, 5.74) is 2.69. The van der Waals surface area contributed by atoms with Gasteiger partial charge in [0, 0.05) is 6.54 Å². The van der Waals surface area contributed by atoms with Crippen molar-refractivity contribution in [3.63, 3.8) is 0 Å². The fourth-order valence-corrected chi connectivity index (χ4v) is 2.75. The molecule has 0 atom stereocenters. The van der Waals surface area contributed by atoms with Gasteiger partial charge in [-0.25, -0.2) is 4.98 Å². The lowest BCUT2D eigenvalue weighted by Crippen LogP contribution is -2.25. The highest BCUT2D eigenvalue weighted by molar-refractivity contribution is 5.89. The first-order chi connectivity index (χ1) is 14.2. The van der Waals surface area contributed by atoms with E-state index in [0.717, 1.165) is 16.6 Å². The van der Waals surface area contributed by atoms with Crippen molar-refractivity contribution >= 4 is 22.8 Å². The van der Waals surface area contributed by atoms with Crippen LogP contribution >= 0.6 is 0 Å². The lowest BCUT2D eigenvalue weighted by Gasteiger charge is -2.03. The topological polar surface area (TPSA) is 126 Å². The molecular weight excluding hydrogens is 372 g/mol. The number of para-hydroxylation sites is 2. The van der Waals surface area contributed by atoms with E-state index >= 15 is 0 Å². The summed E-state index contributed by atoms with van der Waals surface area (Å²) in [6.45, 7) is 0.588. The van der Waals surface area contributed by atoms with E-state index in [1.54, 1.807) is 0 Å². The van der Waals surface area contributed by atoms with Crippen LogP contribution in [0, 0.1) is 0 Å². The molecule has 2 amide bonds. The third-order valence-electron chi connectivity index (χ3n) is 4.17. The summed E-state index contributed by atoms with van der Waals surface area (Å²) in [4.78, 5) is 35.7. The number of H-pyrrole nitrogens is 1. The summed E-state index contributed by atoms with van der Waals surface area (Å²) in [6, 6.07) is 17.1. The van der Waals surface area contributed by atoms with E-state index in [4.69, 9.17) is 4.52 Å². The standard InChI is InChI=1S/C20H18N6O3/c27-18(21-11-13-6-2-1-3-7-13)10-16-25-20(29-26-16)19(28)22-12-17-23-14-8-4-5-9-15(14)24-17/h1-9H,10-12H2,(H,21,27)(H,22,28)(H,23,24). The summed E-state index contributed by atoms with van der Waals surface area (Å²) in [6.07, 6.45) is -0.0762. The molecule has 29 heavy (non-hydrogen) atoms. The summed E-state index contributed by atoms with van der Waals surface area (Å²) in [5, 5.41) is 9.12. The predicted molar refractivity (Wildman–Crippen MR) is 104 cm³/mol. The second-order valence-electron chi connectivity index (χ2n) is 6.34. The average molecular weight is 390 g/mol. The molecule has 146 valence electrons. The Hall–Kier alpha value is -4.01. The predicted octanol–water partition coefficient (Wildman–Crippen LogP) is 1.73. The lowest BCUT2D eigenvalue weighted by atomic mass is 10.2. The minimum atomic E-state index is -0.533. The van der Waals surface area contributed by atoms with Gasteiger partial charge in [-0.1, -0.05) is 47.6 Å². The van der Waals surface area contributed by atoms with Gasteiger partial charge in [-0.15, -0.1) is 0 Å². The third kappa shape index (κ3) is 4.64. The van der Waals surface area contributed by atoms with Gasteiger partial charge in [0.15, 0.2) is 5.82 Å². The number of nitrogens with zero attached hydrogens (tertiary/aromatic N) is 3. The first-order valence-electron chi connectivity index (χ1n) is 9.02. The minimum absolute atomic E-state index is 0.0762. The smallest absolute Gasteiger partial charge is 0.315 e. The van der Waals surface area contributed by atoms with Crippen LogP contribution in [0.15, 0.2) is 59.1 Å². The van der Waals surface area contributed by atoms with Crippen molar-refractivity contribution < 1.29 is 14.1 Å². The van der Waals surface area contributed by atoms with Crippen LogP contribution in [0.5, 0.6) is 0 Å². The minimum Gasteiger partial charge on any atom is -0.352 e. The Morgan fingerprint density at radius 1 is 0.931 bits per heavy atom. The summed E-state index contributed by atoms with van der Waals surface area (Å²) in [7, 11) is 0. The van der Waals surface area contributed by atoms with Crippen LogP contribution in [0.3, 0.4) is 0 Å². The second-order valence-corrected chi connectivity index (χ2v) is 6.34. The number of fused-ring (bicyclic) bond motifs is 1. The fourth-order valence-electron chi connectivity index (χ4n) is 2.75. The van der Waals surface area contributed by atoms with E-state index in [1.165, 1.54) is 0 Å². The van der Waals surface area contributed by atoms with Gasteiger partial charge < -0.3 is 20.1 Å².